The van der Waals surface area contributed by atoms with Crippen molar-refractivity contribution in [1.29, 1.82) is 0 Å². The van der Waals surface area contributed by atoms with Gasteiger partial charge >= 0.3 is 0 Å². The fourth-order valence-electron chi connectivity index (χ4n) is 3.57. The third kappa shape index (κ3) is 2.69. The number of hydrogen-bond acceptors (Lipinski definition) is 1. The van der Waals surface area contributed by atoms with E-state index in [1.807, 2.05) is 43.7 Å². The van der Waals surface area contributed by atoms with E-state index in [-0.39, 0.29) is 0 Å². The van der Waals surface area contributed by atoms with Crippen LogP contribution < -0.4 is 4.57 Å². The van der Waals surface area contributed by atoms with Crippen molar-refractivity contribution in [3.05, 3.63) is 70.7 Å². The quantitative estimate of drug-likeness (QED) is 0.301. The van der Waals surface area contributed by atoms with Crippen molar-refractivity contribution in [2.24, 2.45) is 7.05 Å². The molecule has 2 aromatic carbocycles. The van der Waals surface area contributed by atoms with Gasteiger partial charge in [-0.15, -0.1) is 0 Å². The fraction of sp³-hybridized carbons (Fsp3) is 0.250. The van der Waals surface area contributed by atoms with Gasteiger partial charge in [0.25, 0.3) is 0 Å². The average Bonchev–Trinajstić information content (AvgIpc) is 3.06. The van der Waals surface area contributed by atoms with Crippen molar-refractivity contribution in [3.63, 3.8) is 0 Å². The van der Waals surface area contributed by atoms with Crippen LogP contribution in [0.15, 0.2) is 46.9 Å². The van der Waals surface area contributed by atoms with Crippen molar-refractivity contribution < 1.29 is 14.5 Å². The average molecular weight is 359 g/mol. The molecular weight excluding hydrogens is 332 g/mol. The van der Waals surface area contributed by atoms with Gasteiger partial charge in [-0.05, 0) is 36.1 Å². The molecular formula is C24H23N2O+. The number of hydrogen-bond donors (Lipinski definition) is 0. The van der Waals surface area contributed by atoms with Crippen LogP contribution in [0.2, 0.25) is 0 Å². The second-order valence-corrected chi connectivity index (χ2v) is 6.98. The number of aromatic nitrogens is 1. The molecule has 0 aliphatic rings. The lowest BCUT2D eigenvalue weighted by Crippen LogP contribution is -2.35. The third-order valence-corrected chi connectivity index (χ3v) is 5.20. The van der Waals surface area contributed by atoms with Gasteiger partial charge in [-0.2, -0.15) is 4.57 Å². The molecule has 4 rings (SSSR count). The van der Waals surface area contributed by atoms with Crippen LogP contribution in [0.5, 0.6) is 0 Å². The van der Waals surface area contributed by atoms with Crippen LogP contribution in [0.25, 0.3) is 38.0 Å². The summed E-state index contributed by atoms with van der Waals surface area (Å²) in [7, 11) is 1.92. The summed E-state index contributed by atoms with van der Waals surface area (Å²) < 4.78 is 40.3. The largest absolute Gasteiger partial charge is 0.455 e. The Morgan fingerprint density at radius 3 is 2.70 bits per heavy atom. The number of furan rings is 1. The predicted octanol–water partition coefficient (Wildman–Crippen LogP) is 6.37. The normalized spacial score (nSPS) is 16.3. The molecule has 2 heterocycles. The van der Waals surface area contributed by atoms with E-state index in [9.17, 15) is 0 Å². The van der Waals surface area contributed by atoms with E-state index in [2.05, 4.69) is 4.85 Å². The molecule has 3 nitrogen and oxygen atoms in total. The molecule has 0 N–H and O–H groups in total. The monoisotopic (exact) mass is 359 g/mol. The third-order valence-electron chi connectivity index (χ3n) is 5.20. The van der Waals surface area contributed by atoms with E-state index in [0.29, 0.717) is 22.4 Å². The zero-order valence-corrected chi connectivity index (χ0v) is 15.8. The Hall–Kier alpha value is -3.12. The zero-order chi connectivity index (χ0) is 22.7. The van der Waals surface area contributed by atoms with Crippen LogP contribution in [-0.4, -0.2) is 0 Å². The lowest BCUT2D eigenvalue weighted by Gasteiger charge is -2.11. The molecule has 0 spiro atoms. The van der Waals surface area contributed by atoms with Crippen LogP contribution in [0, 0.1) is 20.4 Å². The molecule has 0 amide bonds. The smallest absolute Gasteiger partial charge is 0.216 e. The minimum Gasteiger partial charge on any atom is -0.455 e. The summed E-state index contributed by atoms with van der Waals surface area (Å²) in [5.41, 5.74) is 5.81. The molecule has 0 saturated heterocycles. The Morgan fingerprint density at radius 2 is 1.96 bits per heavy atom. The van der Waals surface area contributed by atoms with E-state index >= 15 is 0 Å². The van der Waals surface area contributed by atoms with Crippen LogP contribution in [0.1, 0.15) is 42.0 Å². The molecule has 0 radical (unpaired) electrons. The van der Waals surface area contributed by atoms with E-state index in [4.69, 9.17) is 16.5 Å². The molecule has 1 unspecified atom stereocenters. The summed E-state index contributed by atoms with van der Waals surface area (Å²) in [5.74, 6) is -1.75. The number of rotatable bonds is 2. The molecule has 4 aromatic rings. The van der Waals surface area contributed by atoms with Crippen molar-refractivity contribution >= 4 is 27.6 Å². The van der Waals surface area contributed by atoms with Gasteiger partial charge in [0.2, 0.25) is 5.69 Å². The second kappa shape index (κ2) is 6.25. The first-order valence-corrected chi connectivity index (χ1v) is 8.80. The van der Waals surface area contributed by atoms with Gasteiger partial charge in [-0.25, -0.2) is 4.85 Å². The number of aryl methyl sites for hydroxylation is 2. The minimum atomic E-state index is -2.47. The summed E-state index contributed by atoms with van der Waals surface area (Å²) in [6.07, 6.45) is 0. The zero-order valence-electron chi connectivity index (χ0n) is 19.8. The maximum absolute atomic E-state index is 8.57. The molecule has 0 bridgehead atoms. The van der Waals surface area contributed by atoms with E-state index < -0.39 is 12.7 Å². The number of pyridine rings is 1. The molecule has 0 aliphatic carbocycles. The minimum absolute atomic E-state index is 0.431. The highest BCUT2D eigenvalue weighted by atomic mass is 16.3. The van der Waals surface area contributed by atoms with Gasteiger partial charge < -0.3 is 4.42 Å². The summed E-state index contributed by atoms with van der Waals surface area (Å²) in [6.45, 7) is 10.2. The Balaban J connectivity index is 2.08. The first-order valence-electron chi connectivity index (χ1n) is 10.8. The standard InChI is InChI=1S/C24H23N2O/c1-14(2)17-11-16(4)26(6)21(12-17)23-15(3)7-9-19-20-13-18(25-5)8-10-22(20)27-24(19)23/h7-14H,1-4,6H3/q+1/i1D3,14D. The van der Waals surface area contributed by atoms with Gasteiger partial charge in [0, 0.05) is 35.3 Å². The van der Waals surface area contributed by atoms with Crippen molar-refractivity contribution in [3.8, 4) is 11.3 Å². The number of nitrogens with zero attached hydrogens (tertiary/aromatic N) is 2. The van der Waals surface area contributed by atoms with Crippen molar-refractivity contribution in [2.75, 3.05) is 0 Å². The molecule has 0 fully saturated rings. The van der Waals surface area contributed by atoms with Crippen LogP contribution >= 0.6 is 0 Å². The van der Waals surface area contributed by atoms with Gasteiger partial charge in [-0.3, -0.25) is 0 Å². The molecule has 0 aliphatic heterocycles. The van der Waals surface area contributed by atoms with Gasteiger partial charge in [0.15, 0.2) is 11.4 Å². The fourth-order valence-corrected chi connectivity index (χ4v) is 3.57. The highest BCUT2D eigenvalue weighted by Crippen LogP contribution is 2.38. The predicted molar refractivity (Wildman–Crippen MR) is 110 cm³/mol. The molecule has 0 saturated carbocycles. The van der Waals surface area contributed by atoms with E-state index in [1.165, 1.54) is 6.92 Å². The Bertz CT molecular complexity index is 1390. The topological polar surface area (TPSA) is 21.4 Å². The number of fused-ring (bicyclic) bond motifs is 3. The van der Waals surface area contributed by atoms with Gasteiger partial charge in [0.1, 0.15) is 18.2 Å². The molecule has 134 valence electrons. The van der Waals surface area contributed by atoms with Crippen LogP contribution in [0.4, 0.5) is 5.69 Å². The SMILES string of the molecule is [2H]C([2H])([2H])C([2H])(C)c1cc(C)[n+](C)c(-c2c(C)ccc3c2oc2ccc([N+]#[C-])cc23)c1. The lowest BCUT2D eigenvalue weighted by molar-refractivity contribution is -0.666. The Kier molecular flexibility index (Phi) is 3.03. The first kappa shape index (κ1) is 13.1. The van der Waals surface area contributed by atoms with Crippen LogP contribution in [-0.2, 0) is 7.05 Å². The van der Waals surface area contributed by atoms with Gasteiger partial charge in [-0.1, -0.05) is 32.0 Å². The highest BCUT2D eigenvalue weighted by Gasteiger charge is 2.23. The van der Waals surface area contributed by atoms with Gasteiger partial charge in [0.05, 0.1) is 12.1 Å². The maximum atomic E-state index is 8.57. The Morgan fingerprint density at radius 1 is 1.15 bits per heavy atom. The van der Waals surface area contributed by atoms with Crippen molar-refractivity contribution in [2.45, 2.75) is 33.5 Å². The molecule has 27 heavy (non-hydrogen) atoms. The summed E-state index contributed by atoms with van der Waals surface area (Å²) >= 11 is 0. The summed E-state index contributed by atoms with van der Waals surface area (Å²) in [5, 5.41) is 1.77. The lowest BCUT2D eigenvalue weighted by atomic mass is 9.96. The molecule has 2 aromatic heterocycles. The highest BCUT2D eigenvalue weighted by molar-refractivity contribution is 6.10. The maximum Gasteiger partial charge on any atom is 0.216 e. The van der Waals surface area contributed by atoms with Crippen LogP contribution in [0.3, 0.4) is 0 Å². The molecule has 1 atom stereocenters. The Labute approximate surface area is 165 Å². The van der Waals surface area contributed by atoms with E-state index in [1.54, 1.807) is 24.3 Å². The number of benzene rings is 2. The summed E-state index contributed by atoms with van der Waals surface area (Å²) in [4.78, 5) is 3.52. The van der Waals surface area contributed by atoms with E-state index in [0.717, 1.165) is 33.3 Å². The molecule has 3 heteroatoms. The van der Waals surface area contributed by atoms with Crippen molar-refractivity contribution in [1.82, 2.24) is 0 Å². The first-order chi connectivity index (χ1) is 14.5. The summed E-state index contributed by atoms with van der Waals surface area (Å²) in [6, 6.07) is 12.9. The second-order valence-electron chi connectivity index (χ2n) is 6.98.